The molecule has 0 amide bonds. The fourth-order valence-electron chi connectivity index (χ4n) is 0.696. The Labute approximate surface area is 76.8 Å². The minimum atomic E-state index is -0.875. The predicted molar refractivity (Wildman–Crippen MR) is 49.7 cm³/mol. The maximum absolute atomic E-state index is 10.3. The lowest BCUT2D eigenvalue weighted by molar-refractivity contribution is 0.0697. The molecular weight excluding hydrogens is 171 g/mol. The first-order valence-electron chi connectivity index (χ1n) is 3.63. The monoisotopic (exact) mass is 182 g/mol. The van der Waals surface area contributed by atoms with E-state index in [-0.39, 0.29) is 0 Å². The van der Waals surface area contributed by atoms with Crippen LogP contribution in [0.15, 0.2) is 24.3 Å². The summed E-state index contributed by atoms with van der Waals surface area (Å²) in [5.74, 6) is -0.875. The maximum Gasteiger partial charge on any atom is 0.432 e. The van der Waals surface area contributed by atoms with Crippen LogP contribution in [0.3, 0.4) is 0 Å². The summed E-state index contributed by atoms with van der Waals surface area (Å²) in [7, 11) is -0.750. The second kappa shape index (κ2) is 6.22. The van der Waals surface area contributed by atoms with Crippen molar-refractivity contribution in [3.05, 3.63) is 35.4 Å². The molecular formula is C8H11BO4. The molecule has 0 unspecified atom stereocenters. The molecule has 0 bridgehead atoms. The Balaban J connectivity index is 0.000000424. The second-order valence-corrected chi connectivity index (χ2v) is 2.31. The second-order valence-electron chi connectivity index (χ2n) is 2.31. The molecule has 0 radical (unpaired) electrons. The minimum Gasteiger partial charge on any atom is -0.478 e. The largest absolute Gasteiger partial charge is 0.478 e. The number of carboxylic acid groups (broad SMARTS) is 1. The van der Waals surface area contributed by atoms with Crippen LogP contribution in [-0.2, 0) is 0 Å². The van der Waals surface area contributed by atoms with Crippen molar-refractivity contribution in [3.63, 3.8) is 0 Å². The van der Waals surface area contributed by atoms with Crippen molar-refractivity contribution >= 4 is 13.7 Å². The Kier molecular flexibility index (Phi) is 5.59. The quantitative estimate of drug-likeness (QED) is 0.531. The molecule has 0 fully saturated rings. The van der Waals surface area contributed by atoms with E-state index in [4.69, 9.17) is 15.2 Å². The third kappa shape index (κ3) is 5.00. The Morgan fingerprint density at radius 3 is 1.92 bits per heavy atom. The fourth-order valence-corrected chi connectivity index (χ4v) is 0.696. The van der Waals surface area contributed by atoms with Crippen LogP contribution in [0.2, 0.25) is 0 Å². The van der Waals surface area contributed by atoms with E-state index < -0.39 is 13.7 Å². The van der Waals surface area contributed by atoms with Crippen LogP contribution >= 0.6 is 0 Å². The molecule has 1 aromatic rings. The summed E-state index contributed by atoms with van der Waals surface area (Å²) in [4.78, 5) is 10.3. The third-order valence-electron chi connectivity index (χ3n) is 1.30. The molecule has 0 heterocycles. The van der Waals surface area contributed by atoms with Crippen molar-refractivity contribution in [1.29, 1.82) is 0 Å². The summed E-state index contributed by atoms with van der Waals surface area (Å²) in [5, 5.41) is 22.7. The van der Waals surface area contributed by atoms with Crippen LogP contribution in [0.5, 0.6) is 0 Å². The summed E-state index contributed by atoms with van der Waals surface area (Å²) < 4.78 is 0. The van der Waals surface area contributed by atoms with Gasteiger partial charge in [0.05, 0.1) is 5.56 Å². The smallest absolute Gasteiger partial charge is 0.432 e. The SMILES string of the molecule is Cc1ccc(C(=O)O)cc1.OBO. The first-order valence-corrected chi connectivity index (χ1v) is 3.63. The van der Waals surface area contributed by atoms with E-state index in [1.54, 1.807) is 24.3 Å². The van der Waals surface area contributed by atoms with E-state index >= 15 is 0 Å². The van der Waals surface area contributed by atoms with E-state index in [2.05, 4.69) is 0 Å². The molecule has 5 heteroatoms. The van der Waals surface area contributed by atoms with Gasteiger partial charge in [-0.1, -0.05) is 17.7 Å². The molecule has 3 N–H and O–H groups in total. The van der Waals surface area contributed by atoms with E-state index in [0.29, 0.717) is 5.56 Å². The highest BCUT2D eigenvalue weighted by atomic mass is 16.4. The van der Waals surface area contributed by atoms with Crippen molar-refractivity contribution in [2.75, 3.05) is 0 Å². The molecule has 0 aliphatic carbocycles. The highest BCUT2D eigenvalue weighted by Crippen LogP contribution is 2.01. The number of hydrogen-bond acceptors (Lipinski definition) is 3. The van der Waals surface area contributed by atoms with Crippen LogP contribution in [0.25, 0.3) is 0 Å². The zero-order valence-corrected chi connectivity index (χ0v) is 7.27. The van der Waals surface area contributed by atoms with Gasteiger partial charge in [0, 0.05) is 0 Å². The van der Waals surface area contributed by atoms with Crippen molar-refractivity contribution in [2.24, 2.45) is 0 Å². The van der Waals surface area contributed by atoms with Crippen LogP contribution in [0, 0.1) is 6.92 Å². The Morgan fingerprint density at radius 1 is 1.23 bits per heavy atom. The summed E-state index contributed by atoms with van der Waals surface area (Å²) in [5.41, 5.74) is 1.41. The minimum absolute atomic E-state index is 0.339. The molecule has 0 aliphatic heterocycles. The molecule has 70 valence electrons. The Hall–Kier alpha value is -1.33. The lowest BCUT2D eigenvalue weighted by Crippen LogP contribution is -1.94. The van der Waals surface area contributed by atoms with Gasteiger partial charge in [-0.2, -0.15) is 0 Å². The van der Waals surface area contributed by atoms with Crippen LogP contribution in [0.1, 0.15) is 15.9 Å². The molecule has 0 aromatic heterocycles. The summed E-state index contributed by atoms with van der Waals surface area (Å²) in [6, 6.07) is 6.75. The number of hydrogen-bond donors (Lipinski definition) is 3. The van der Waals surface area contributed by atoms with Gasteiger partial charge in [-0.25, -0.2) is 4.79 Å². The number of rotatable bonds is 1. The normalized spacial score (nSPS) is 8.23. The first kappa shape index (κ1) is 11.7. The Bertz CT molecular complexity index is 257. The molecule has 0 aliphatic rings. The molecule has 0 saturated carbocycles. The molecule has 1 rings (SSSR count). The molecule has 0 saturated heterocycles. The van der Waals surface area contributed by atoms with Gasteiger partial charge >= 0.3 is 13.7 Å². The van der Waals surface area contributed by atoms with Gasteiger partial charge in [0.1, 0.15) is 0 Å². The van der Waals surface area contributed by atoms with E-state index in [9.17, 15) is 4.79 Å². The fraction of sp³-hybridized carbons (Fsp3) is 0.125. The Morgan fingerprint density at radius 2 is 1.62 bits per heavy atom. The van der Waals surface area contributed by atoms with Gasteiger partial charge < -0.3 is 15.2 Å². The van der Waals surface area contributed by atoms with Crippen molar-refractivity contribution in [3.8, 4) is 0 Å². The zero-order valence-electron chi connectivity index (χ0n) is 7.27. The molecule has 1 aromatic carbocycles. The van der Waals surface area contributed by atoms with Gasteiger partial charge in [-0.05, 0) is 19.1 Å². The molecule has 13 heavy (non-hydrogen) atoms. The van der Waals surface area contributed by atoms with Crippen molar-refractivity contribution in [1.82, 2.24) is 0 Å². The van der Waals surface area contributed by atoms with Crippen molar-refractivity contribution in [2.45, 2.75) is 6.92 Å². The topological polar surface area (TPSA) is 77.8 Å². The highest BCUT2D eigenvalue weighted by molar-refractivity contribution is 6.13. The number of carboxylic acids is 1. The zero-order chi connectivity index (χ0) is 10.3. The molecule has 4 nitrogen and oxygen atoms in total. The van der Waals surface area contributed by atoms with Crippen LogP contribution in [-0.4, -0.2) is 28.8 Å². The summed E-state index contributed by atoms with van der Waals surface area (Å²) in [6.07, 6.45) is 0. The van der Waals surface area contributed by atoms with Gasteiger partial charge in [0.2, 0.25) is 0 Å². The molecule has 0 spiro atoms. The maximum atomic E-state index is 10.3. The molecule has 0 atom stereocenters. The lowest BCUT2D eigenvalue weighted by Gasteiger charge is -1.92. The summed E-state index contributed by atoms with van der Waals surface area (Å²) >= 11 is 0. The predicted octanol–water partition coefficient (Wildman–Crippen LogP) is -0.0693. The van der Waals surface area contributed by atoms with Gasteiger partial charge in [0.15, 0.2) is 0 Å². The lowest BCUT2D eigenvalue weighted by atomic mass is 10.2. The number of aryl methyl sites for hydroxylation is 1. The third-order valence-corrected chi connectivity index (χ3v) is 1.30. The average molecular weight is 182 g/mol. The number of carbonyl (C=O) groups is 1. The van der Waals surface area contributed by atoms with Gasteiger partial charge in [0.25, 0.3) is 0 Å². The van der Waals surface area contributed by atoms with Crippen LogP contribution in [0.4, 0.5) is 0 Å². The van der Waals surface area contributed by atoms with E-state index in [0.717, 1.165) is 5.56 Å². The average Bonchev–Trinajstić information content (AvgIpc) is 2.06. The highest BCUT2D eigenvalue weighted by Gasteiger charge is 1.98. The van der Waals surface area contributed by atoms with Gasteiger partial charge in [-0.15, -0.1) is 0 Å². The number of benzene rings is 1. The number of aromatic carboxylic acids is 1. The first-order chi connectivity index (χ1) is 6.11. The summed E-state index contributed by atoms with van der Waals surface area (Å²) in [6.45, 7) is 1.92. The standard InChI is InChI=1S/C8H8O2.BH3O2/c1-6-2-4-7(5-3-6)8(9)10;2-1-3/h2-5H,1H3,(H,9,10);1-3H. The van der Waals surface area contributed by atoms with Gasteiger partial charge in [-0.3, -0.25) is 0 Å². The van der Waals surface area contributed by atoms with E-state index in [1.807, 2.05) is 6.92 Å². The van der Waals surface area contributed by atoms with Crippen molar-refractivity contribution < 1.29 is 19.9 Å². The van der Waals surface area contributed by atoms with Crippen LogP contribution < -0.4 is 0 Å². The van der Waals surface area contributed by atoms with E-state index in [1.165, 1.54) is 0 Å².